The molecule has 0 radical (unpaired) electrons. The molecule has 0 unspecified atom stereocenters. The number of fused-ring (bicyclic) bond motifs is 1. The van der Waals surface area contributed by atoms with Crippen LogP contribution in [0.3, 0.4) is 0 Å². The van der Waals surface area contributed by atoms with Crippen LogP contribution in [0.25, 0.3) is 10.8 Å². The number of carbonyl (C=O) groups is 1. The van der Waals surface area contributed by atoms with E-state index in [1.807, 2.05) is 42.5 Å². The van der Waals surface area contributed by atoms with Gasteiger partial charge in [0, 0.05) is 0 Å². The monoisotopic (exact) mass is 311 g/mol. The predicted octanol–water partition coefficient (Wildman–Crippen LogP) is 2.54. The minimum atomic E-state index is -0.600. The number of carbonyl (C=O) groups excluding carboxylic acids is 1. The van der Waals surface area contributed by atoms with Crippen molar-refractivity contribution in [2.24, 2.45) is 0 Å². The van der Waals surface area contributed by atoms with Gasteiger partial charge in [-0.2, -0.15) is 4.98 Å². The highest BCUT2D eigenvalue weighted by Crippen LogP contribution is 2.21. The highest BCUT2D eigenvalue weighted by atomic mass is 16.5. The van der Waals surface area contributed by atoms with Crippen molar-refractivity contribution in [2.45, 2.75) is 19.5 Å². The molecule has 1 heterocycles. The van der Waals surface area contributed by atoms with Crippen molar-refractivity contribution in [1.29, 1.82) is 0 Å². The Morgan fingerprint density at radius 1 is 1.26 bits per heavy atom. The van der Waals surface area contributed by atoms with Crippen LogP contribution in [0.15, 0.2) is 47.0 Å². The molecular formula is C17H17N3O3. The van der Waals surface area contributed by atoms with Gasteiger partial charge < -0.3 is 9.26 Å². The average molecular weight is 311 g/mol. The molecule has 23 heavy (non-hydrogen) atoms. The van der Waals surface area contributed by atoms with E-state index >= 15 is 0 Å². The summed E-state index contributed by atoms with van der Waals surface area (Å²) in [5, 5.41) is 9.02. The standard InChI is InChI=1S/C17H17N3O3/c1-11-19-15(23-20-11)10-18-16(17(21)22-2)14-8-7-12-5-3-4-6-13(12)9-14/h3-9,16,18H,10H2,1-2H3/t16-/m1/s1. The molecule has 1 N–H and O–H groups in total. The molecule has 0 amide bonds. The summed E-state index contributed by atoms with van der Waals surface area (Å²) in [5.74, 6) is 0.621. The largest absolute Gasteiger partial charge is 0.468 e. The van der Waals surface area contributed by atoms with E-state index < -0.39 is 6.04 Å². The van der Waals surface area contributed by atoms with Gasteiger partial charge in [-0.1, -0.05) is 41.6 Å². The van der Waals surface area contributed by atoms with Crippen LogP contribution in [0.5, 0.6) is 0 Å². The normalized spacial score (nSPS) is 12.3. The maximum Gasteiger partial charge on any atom is 0.327 e. The molecule has 2 aromatic carbocycles. The Hall–Kier alpha value is -2.73. The summed E-state index contributed by atoms with van der Waals surface area (Å²) >= 11 is 0. The number of methoxy groups -OCH3 is 1. The zero-order valence-electron chi connectivity index (χ0n) is 12.9. The number of nitrogens with one attached hydrogen (secondary N) is 1. The molecule has 0 saturated heterocycles. The second-order valence-corrected chi connectivity index (χ2v) is 5.18. The topological polar surface area (TPSA) is 77.2 Å². The first-order valence-corrected chi connectivity index (χ1v) is 7.26. The van der Waals surface area contributed by atoms with Gasteiger partial charge in [-0.05, 0) is 29.3 Å². The Morgan fingerprint density at radius 3 is 2.74 bits per heavy atom. The van der Waals surface area contributed by atoms with Crippen molar-refractivity contribution in [3.8, 4) is 0 Å². The number of benzene rings is 2. The fourth-order valence-corrected chi connectivity index (χ4v) is 2.44. The molecule has 6 heteroatoms. The lowest BCUT2D eigenvalue weighted by molar-refractivity contribution is -0.143. The molecule has 0 aliphatic heterocycles. The molecule has 0 spiro atoms. The highest BCUT2D eigenvalue weighted by molar-refractivity contribution is 5.85. The van der Waals surface area contributed by atoms with E-state index in [4.69, 9.17) is 9.26 Å². The summed E-state index contributed by atoms with van der Waals surface area (Å²) in [5.41, 5.74) is 0.826. The summed E-state index contributed by atoms with van der Waals surface area (Å²) in [6, 6.07) is 13.3. The van der Waals surface area contributed by atoms with E-state index in [-0.39, 0.29) is 12.5 Å². The van der Waals surface area contributed by atoms with Crippen molar-refractivity contribution in [2.75, 3.05) is 7.11 Å². The molecule has 6 nitrogen and oxygen atoms in total. The van der Waals surface area contributed by atoms with Gasteiger partial charge in [0.2, 0.25) is 5.89 Å². The highest BCUT2D eigenvalue weighted by Gasteiger charge is 2.22. The third-order valence-corrected chi connectivity index (χ3v) is 3.57. The van der Waals surface area contributed by atoms with Crippen LogP contribution in [0.1, 0.15) is 23.3 Å². The first-order valence-electron chi connectivity index (χ1n) is 7.26. The van der Waals surface area contributed by atoms with Crippen LogP contribution in [0, 0.1) is 6.92 Å². The first kappa shape index (κ1) is 15.2. The van der Waals surface area contributed by atoms with E-state index in [1.54, 1.807) is 6.92 Å². The molecule has 0 bridgehead atoms. The smallest absolute Gasteiger partial charge is 0.327 e. The van der Waals surface area contributed by atoms with Crippen LogP contribution < -0.4 is 5.32 Å². The number of hydrogen-bond donors (Lipinski definition) is 1. The predicted molar refractivity (Wildman–Crippen MR) is 84.6 cm³/mol. The third-order valence-electron chi connectivity index (χ3n) is 3.57. The molecule has 1 atom stereocenters. The van der Waals surface area contributed by atoms with E-state index in [1.165, 1.54) is 7.11 Å². The van der Waals surface area contributed by atoms with Crippen molar-refractivity contribution < 1.29 is 14.1 Å². The van der Waals surface area contributed by atoms with E-state index in [0.717, 1.165) is 16.3 Å². The number of ether oxygens (including phenoxy) is 1. The van der Waals surface area contributed by atoms with Gasteiger partial charge in [-0.15, -0.1) is 0 Å². The number of hydrogen-bond acceptors (Lipinski definition) is 6. The molecule has 118 valence electrons. The Balaban J connectivity index is 1.86. The number of aromatic nitrogens is 2. The Bertz CT molecular complexity index is 829. The zero-order chi connectivity index (χ0) is 16.2. The third kappa shape index (κ3) is 3.37. The Morgan fingerprint density at radius 2 is 2.04 bits per heavy atom. The summed E-state index contributed by atoms with van der Waals surface area (Å²) in [7, 11) is 1.37. The summed E-state index contributed by atoms with van der Waals surface area (Å²) < 4.78 is 9.96. The number of rotatable bonds is 5. The average Bonchev–Trinajstić information content (AvgIpc) is 3.00. The Kier molecular flexibility index (Phi) is 4.34. The van der Waals surface area contributed by atoms with Gasteiger partial charge in [-0.25, -0.2) is 4.79 Å². The van der Waals surface area contributed by atoms with Gasteiger partial charge in [0.1, 0.15) is 6.04 Å². The number of aryl methyl sites for hydroxylation is 1. The second-order valence-electron chi connectivity index (χ2n) is 5.18. The van der Waals surface area contributed by atoms with Crippen molar-refractivity contribution in [1.82, 2.24) is 15.5 Å². The summed E-state index contributed by atoms with van der Waals surface area (Å²) in [4.78, 5) is 16.2. The van der Waals surface area contributed by atoms with Gasteiger partial charge in [0.15, 0.2) is 5.82 Å². The van der Waals surface area contributed by atoms with Gasteiger partial charge in [0.05, 0.1) is 13.7 Å². The molecule has 0 aliphatic rings. The van der Waals surface area contributed by atoms with Crippen molar-refractivity contribution >= 4 is 16.7 Å². The summed E-state index contributed by atoms with van der Waals surface area (Å²) in [6.07, 6.45) is 0. The van der Waals surface area contributed by atoms with E-state index in [2.05, 4.69) is 15.5 Å². The van der Waals surface area contributed by atoms with Crippen molar-refractivity contribution in [3.63, 3.8) is 0 Å². The van der Waals surface area contributed by atoms with E-state index in [9.17, 15) is 4.79 Å². The zero-order valence-corrected chi connectivity index (χ0v) is 12.9. The lowest BCUT2D eigenvalue weighted by Gasteiger charge is -2.16. The Labute approximate surface area is 133 Å². The molecular weight excluding hydrogens is 294 g/mol. The van der Waals surface area contributed by atoms with Crippen LogP contribution in [0.4, 0.5) is 0 Å². The fourth-order valence-electron chi connectivity index (χ4n) is 2.44. The molecule has 0 saturated carbocycles. The van der Waals surface area contributed by atoms with E-state index in [0.29, 0.717) is 11.7 Å². The van der Waals surface area contributed by atoms with Crippen LogP contribution >= 0.6 is 0 Å². The van der Waals surface area contributed by atoms with Crippen molar-refractivity contribution in [3.05, 3.63) is 59.7 Å². The number of esters is 1. The minimum absolute atomic E-state index is 0.285. The fraction of sp³-hybridized carbons (Fsp3) is 0.235. The maximum atomic E-state index is 12.1. The van der Waals surface area contributed by atoms with Gasteiger partial charge in [0.25, 0.3) is 0 Å². The SMILES string of the molecule is COC(=O)[C@H](NCc1nc(C)no1)c1ccc2ccccc2c1. The van der Waals surface area contributed by atoms with Crippen LogP contribution in [-0.2, 0) is 16.1 Å². The quantitative estimate of drug-likeness (QED) is 0.730. The minimum Gasteiger partial charge on any atom is -0.468 e. The molecule has 0 fully saturated rings. The second kappa shape index (κ2) is 6.58. The lowest BCUT2D eigenvalue weighted by Crippen LogP contribution is -2.29. The van der Waals surface area contributed by atoms with Gasteiger partial charge in [-0.3, -0.25) is 5.32 Å². The first-order chi connectivity index (χ1) is 11.2. The molecule has 3 aromatic rings. The molecule has 1 aromatic heterocycles. The molecule has 0 aliphatic carbocycles. The maximum absolute atomic E-state index is 12.1. The van der Waals surface area contributed by atoms with Crippen LogP contribution in [0.2, 0.25) is 0 Å². The summed E-state index contributed by atoms with van der Waals surface area (Å²) in [6.45, 7) is 2.03. The molecule has 3 rings (SSSR count). The number of nitrogens with zero attached hydrogens (tertiary/aromatic N) is 2. The van der Waals surface area contributed by atoms with Crippen LogP contribution in [-0.4, -0.2) is 23.2 Å². The van der Waals surface area contributed by atoms with Gasteiger partial charge >= 0.3 is 5.97 Å². The lowest BCUT2D eigenvalue weighted by atomic mass is 10.0.